The third kappa shape index (κ3) is 6.51. The molecular weight excluding hydrogens is 510 g/mol. The van der Waals surface area contributed by atoms with Gasteiger partial charge in [0.15, 0.2) is 0 Å². The zero-order valence-corrected chi connectivity index (χ0v) is 22.7. The molecule has 194 valence electrons. The Bertz CT molecular complexity index is 1560. The van der Waals surface area contributed by atoms with Gasteiger partial charge in [-0.2, -0.15) is 0 Å². The molecule has 0 bridgehead atoms. The van der Waals surface area contributed by atoms with Gasteiger partial charge in [0, 0.05) is 6.07 Å². The van der Waals surface area contributed by atoms with Crippen LogP contribution in [-0.4, -0.2) is 35.3 Å². The van der Waals surface area contributed by atoms with Crippen molar-refractivity contribution in [3.63, 3.8) is 0 Å². The van der Waals surface area contributed by atoms with Crippen LogP contribution < -0.4 is 14.3 Å². The topological polar surface area (TPSA) is 127 Å². The Morgan fingerprint density at radius 1 is 0.973 bits per heavy atom. The summed E-state index contributed by atoms with van der Waals surface area (Å²) in [5.41, 5.74) is 2.79. The number of nitrogens with zero attached hydrogens (tertiary/aromatic N) is 2. The number of nitrogens with two attached hydrogens (primary N) is 1. The van der Waals surface area contributed by atoms with E-state index < -0.39 is 10.1 Å². The summed E-state index contributed by atoms with van der Waals surface area (Å²) in [6, 6.07) is 17.0. The molecule has 1 aliphatic rings. The molecule has 0 saturated heterocycles. The molecule has 3 aromatic carbocycles. The SMILES string of the molecule is COc1ccc2c(Oc3cccc(S(=[NH2+])C4CC4)c3)ncnc2c1.Cc1cc(C)c(S(=O)(=O)[O-])c(C)c1. The summed E-state index contributed by atoms with van der Waals surface area (Å²) in [4.78, 5) is 9.61. The smallest absolute Gasteiger partial charge is 0.230 e. The Morgan fingerprint density at radius 3 is 2.30 bits per heavy atom. The van der Waals surface area contributed by atoms with Crippen molar-refractivity contribution in [1.29, 1.82) is 0 Å². The van der Waals surface area contributed by atoms with Crippen molar-refractivity contribution < 1.29 is 27.2 Å². The highest BCUT2D eigenvalue weighted by atomic mass is 32.2. The molecule has 1 aromatic heterocycles. The first-order valence-electron chi connectivity index (χ1n) is 11.6. The average molecular weight is 540 g/mol. The van der Waals surface area contributed by atoms with Gasteiger partial charge >= 0.3 is 0 Å². The van der Waals surface area contributed by atoms with Gasteiger partial charge in [-0.05, 0) is 75.1 Å². The summed E-state index contributed by atoms with van der Waals surface area (Å²) < 4.78 is 50.1. The van der Waals surface area contributed by atoms with Gasteiger partial charge in [0.25, 0.3) is 0 Å². The van der Waals surface area contributed by atoms with Crippen LogP contribution in [0.4, 0.5) is 0 Å². The molecule has 0 spiro atoms. The Labute approximate surface area is 219 Å². The molecule has 1 heterocycles. The van der Waals surface area contributed by atoms with E-state index in [0.29, 0.717) is 22.3 Å². The van der Waals surface area contributed by atoms with E-state index in [1.807, 2.05) is 43.3 Å². The number of aryl methyl sites for hydroxylation is 3. The van der Waals surface area contributed by atoms with Crippen LogP contribution >= 0.6 is 0 Å². The van der Waals surface area contributed by atoms with Gasteiger partial charge in [-0.25, -0.2) is 23.2 Å². The maximum atomic E-state index is 10.8. The number of benzene rings is 3. The minimum absolute atomic E-state index is 0.0851. The molecule has 8 nitrogen and oxygen atoms in total. The molecule has 0 aliphatic heterocycles. The molecule has 4 aromatic rings. The lowest BCUT2D eigenvalue weighted by Gasteiger charge is -2.14. The monoisotopic (exact) mass is 539 g/mol. The Balaban J connectivity index is 0.000000209. The highest BCUT2D eigenvalue weighted by Gasteiger charge is 2.30. The maximum absolute atomic E-state index is 10.8. The summed E-state index contributed by atoms with van der Waals surface area (Å²) in [6.45, 7) is 5.12. The number of aromatic nitrogens is 2. The van der Waals surface area contributed by atoms with Crippen LogP contribution in [0, 0.1) is 20.8 Å². The Kier molecular flexibility index (Phi) is 7.91. The van der Waals surface area contributed by atoms with Crippen LogP contribution in [-0.2, 0) is 20.8 Å². The third-order valence-corrected chi connectivity index (χ3v) is 8.97. The standard InChI is InChI=1S/C18H17N3O2S.C9H12O3S/c1-22-12-5-8-16-17(10-12)20-11-21-18(16)23-13-3-2-4-15(9-13)24(19)14-6-7-14;1-6-4-7(2)9(8(3)5-6)13(10,11)12/h2-5,8-11,14,19H,6-7H2,1H3;4-5H,1-3H3,(H,10,11,12). The van der Waals surface area contributed by atoms with Crippen molar-refractivity contribution in [3.8, 4) is 17.4 Å². The van der Waals surface area contributed by atoms with Crippen LogP contribution in [0.15, 0.2) is 70.7 Å². The zero-order valence-electron chi connectivity index (χ0n) is 21.1. The van der Waals surface area contributed by atoms with Gasteiger partial charge in [0.1, 0.15) is 27.9 Å². The molecule has 1 atom stereocenters. The van der Waals surface area contributed by atoms with Crippen molar-refractivity contribution >= 4 is 31.7 Å². The molecule has 1 fully saturated rings. The highest BCUT2D eigenvalue weighted by Crippen LogP contribution is 2.32. The van der Waals surface area contributed by atoms with Crippen molar-refractivity contribution in [1.82, 2.24) is 9.97 Å². The van der Waals surface area contributed by atoms with E-state index in [4.69, 9.17) is 14.3 Å². The van der Waals surface area contributed by atoms with Crippen molar-refractivity contribution in [3.05, 3.63) is 77.6 Å². The minimum Gasteiger partial charge on any atom is -0.744 e. The number of hydrogen-bond acceptors (Lipinski definition) is 7. The van der Waals surface area contributed by atoms with E-state index in [1.54, 1.807) is 33.1 Å². The number of fused-ring (bicyclic) bond motifs is 1. The van der Waals surface area contributed by atoms with Gasteiger partial charge in [-0.3, -0.25) is 0 Å². The van der Waals surface area contributed by atoms with Crippen molar-refractivity contribution in [2.75, 3.05) is 7.11 Å². The molecule has 2 N–H and O–H groups in total. The zero-order chi connectivity index (χ0) is 26.7. The van der Waals surface area contributed by atoms with E-state index in [1.165, 1.54) is 19.2 Å². The lowest BCUT2D eigenvalue weighted by atomic mass is 10.1. The first-order valence-corrected chi connectivity index (χ1v) is 14.4. The van der Waals surface area contributed by atoms with Crippen LogP contribution in [0.2, 0.25) is 0 Å². The Hall–Kier alpha value is -3.34. The second-order valence-corrected chi connectivity index (χ2v) is 12.1. The molecule has 37 heavy (non-hydrogen) atoms. The van der Waals surface area contributed by atoms with Gasteiger partial charge in [0.2, 0.25) is 5.88 Å². The van der Waals surface area contributed by atoms with E-state index >= 15 is 0 Å². The largest absolute Gasteiger partial charge is 0.744 e. The lowest BCUT2D eigenvalue weighted by Crippen LogP contribution is -2.36. The van der Waals surface area contributed by atoms with Crippen molar-refractivity contribution in [2.45, 2.75) is 48.7 Å². The molecule has 0 radical (unpaired) electrons. The van der Waals surface area contributed by atoms with Crippen molar-refractivity contribution in [2.24, 2.45) is 0 Å². The molecular formula is C27H29N3O5S2. The minimum atomic E-state index is -4.33. The van der Waals surface area contributed by atoms with Gasteiger partial charge < -0.3 is 14.0 Å². The summed E-state index contributed by atoms with van der Waals surface area (Å²) in [5.74, 6) is 2.03. The summed E-state index contributed by atoms with van der Waals surface area (Å²) >= 11 is 0. The van der Waals surface area contributed by atoms with E-state index in [-0.39, 0.29) is 15.6 Å². The predicted octanol–water partition coefficient (Wildman–Crippen LogP) is 4.03. The molecule has 1 unspecified atom stereocenters. The summed E-state index contributed by atoms with van der Waals surface area (Å²) in [5, 5.41) is 1.48. The summed E-state index contributed by atoms with van der Waals surface area (Å²) in [6.07, 6.45) is 3.95. The predicted molar refractivity (Wildman–Crippen MR) is 142 cm³/mol. The van der Waals surface area contributed by atoms with Gasteiger partial charge in [-0.1, -0.05) is 23.8 Å². The number of ether oxygens (including phenoxy) is 2. The van der Waals surface area contributed by atoms with Crippen LogP contribution in [0.25, 0.3) is 10.9 Å². The number of rotatable bonds is 6. The normalized spacial score (nSPS) is 14.0. The lowest BCUT2D eigenvalue weighted by molar-refractivity contribution is -0.0760. The quantitative estimate of drug-likeness (QED) is 0.367. The Morgan fingerprint density at radius 2 is 1.68 bits per heavy atom. The molecule has 1 aliphatic carbocycles. The first kappa shape index (κ1) is 26.7. The van der Waals surface area contributed by atoms with E-state index in [2.05, 4.69) is 16.0 Å². The molecule has 5 rings (SSSR count). The second kappa shape index (κ2) is 11.0. The summed E-state index contributed by atoms with van der Waals surface area (Å²) in [7, 11) is -2.90. The van der Waals surface area contributed by atoms with E-state index in [9.17, 15) is 13.0 Å². The van der Waals surface area contributed by atoms with E-state index in [0.717, 1.165) is 32.9 Å². The van der Waals surface area contributed by atoms with Gasteiger partial charge in [0.05, 0.1) is 43.7 Å². The van der Waals surface area contributed by atoms with Gasteiger partial charge in [-0.15, -0.1) is 0 Å². The molecule has 10 heteroatoms. The third-order valence-electron chi connectivity index (χ3n) is 5.84. The first-order chi connectivity index (χ1) is 17.6. The molecule has 1 saturated carbocycles. The number of hydrogen-bond donors (Lipinski definition) is 1. The van der Waals surface area contributed by atoms with Crippen LogP contribution in [0.3, 0.4) is 0 Å². The fourth-order valence-corrected chi connectivity index (χ4v) is 6.52. The molecule has 0 amide bonds. The van der Waals surface area contributed by atoms with Crippen LogP contribution in [0.1, 0.15) is 29.5 Å². The fraction of sp³-hybridized carbons (Fsp3) is 0.259. The average Bonchev–Trinajstić information content (AvgIpc) is 3.68. The number of methoxy groups -OCH3 is 1. The second-order valence-electron chi connectivity index (χ2n) is 8.89. The highest BCUT2D eigenvalue weighted by molar-refractivity contribution is 7.86. The maximum Gasteiger partial charge on any atom is 0.230 e. The fourth-order valence-electron chi connectivity index (χ4n) is 4.09. The van der Waals surface area contributed by atoms with Crippen LogP contribution in [0.5, 0.6) is 17.4 Å².